The summed E-state index contributed by atoms with van der Waals surface area (Å²) in [5, 5.41) is 3.25. The molecule has 2 heterocycles. The van der Waals surface area contributed by atoms with Crippen LogP contribution in [-0.4, -0.2) is 22.1 Å². The highest BCUT2D eigenvalue weighted by atomic mass is 16.5. The molecule has 0 amide bonds. The van der Waals surface area contributed by atoms with Crippen molar-refractivity contribution in [3.63, 3.8) is 0 Å². The first kappa shape index (κ1) is 14.2. The van der Waals surface area contributed by atoms with Gasteiger partial charge >= 0.3 is 0 Å². The fourth-order valence-corrected chi connectivity index (χ4v) is 1.83. The predicted molar refractivity (Wildman–Crippen MR) is 77.7 cm³/mol. The number of hydrogen-bond acceptors (Lipinski definition) is 6. The van der Waals surface area contributed by atoms with Crippen molar-refractivity contribution in [2.75, 3.05) is 11.1 Å². The fraction of sp³-hybridized carbons (Fsp3) is 0.429. The summed E-state index contributed by atoms with van der Waals surface area (Å²) in [6.07, 6.45) is 3.86. The molecule has 6 heteroatoms. The second-order valence-corrected chi connectivity index (χ2v) is 4.94. The Bertz CT molecular complexity index is 540. The molecule has 108 valence electrons. The van der Waals surface area contributed by atoms with Gasteiger partial charge in [0.05, 0.1) is 12.4 Å². The van der Waals surface area contributed by atoms with Crippen LogP contribution in [0.5, 0.6) is 5.88 Å². The maximum absolute atomic E-state index is 6.02. The van der Waals surface area contributed by atoms with Crippen LogP contribution in [-0.2, 0) is 6.42 Å². The molecule has 2 aromatic rings. The highest BCUT2D eigenvalue weighted by Gasteiger charge is 2.13. The first-order chi connectivity index (χ1) is 9.56. The number of aromatic nitrogens is 2. The van der Waals surface area contributed by atoms with Gasteiger partial charge in [-0.25, -0.2) is 4.98 Å². The van der Waals surface area contributed by atoms with Crippen LogP contribution in [0.25, 0.3) is 0 Å². The number of rotatable bonds is 6. The van der Waals surface area contributed by atoms with Gasteiger partial charge in [-0.2, -0.15) is 4.98 Å². The first-order valence-electron chi connectivity index (χ1n) is 6.62. The standard InChI is InChI=1S/C14H20N4O2/c1-9(2)20-14-12(15)13(16-8-17-14)18-10(3)7-11-5-4-6-19-11/h4-6,8-10H,7,15H2,1-3H3,(H,16,17,18). The lowest BCUT2D eigenvalue weighted by atomic mass is 10.2. The van der Waals surface area contributed by atoms with E-state index in [0.29, 0.717) is 17.4 Å². The summed E-state index contributed by atoms with van der Waals surface area (Å²) in [5.74, 6) is 1.90. The molecule has 0 aliphatic rings. The zero-order valence-corrected chi connectivity index (χ0v) is 12.0. The lowest BCUT2D eigenvalue weighted by molar-refractivity contribution is 0.234. The minimum absolute atomic E-state index is 0.0144. The molecule has 0 saturated carbocycles. The summed E-state index contributed by atoms with van der Waals surface area (Å²) < 4.78 is 10.9. The van der Waals surface area contributed by atoms with E-state index in [1.54, 1.807) is 6.26 Å². The topological polar surface area (TPSA) is 86.2 Å². The zero-order chi connectivity index (χ0) is 14.5. The molecule has 3 N–H and O–H groups in total. The lowest BCUT2D eigenvalue weighted by Crippen LogP contribution is -2.20. The average molecular weight is 276 g/mol. The Kier molecular flexibility index (Phi) is 4.45. The number of nitrogens with zero attached hydrogens (tertiary/aromatic N) is 2. The first-order valence-corrected chi connectivity index (χ1v) is 6.62. The lowest BCUT2D eigenvalue weighted by Gasteiger charge is -2.17. The normalized spacial score (nSPS) is 12.4. The van der Waals surface area contributed by atoms with E-state index in [4.69, 9.17) is 14.9 Å². The maximum atomic E-state index is 6.02. The number of anilines is 2. The molecule has 0 aromatic carbocycles. The predicted octanol–water partition coefficient (Wildman–Crippen LogP) is 2.48. The molecule has 1 atom stereocenters. The van der Waals surface area contributed by atoms with Gasteiger partial charge in [-0.05, 0) is 32.9 Å². The van der Waals surface area contributed by atoms with Crippen LogP contribution in [0.2, 0.25) is 0 Å². The Morgan fingerprint density at radius 3 is 2.80 bits per heavy atom. The van der Waals surface area contributed by atoms with Crippen LogP contribution in [0.1, 0.15) is 26.5 Å². The molecule has 20 heavy (non-hydrogen) atoms. The van der Waals surface area contributed by atoms with Crippen molar-refractivity contribution in [3.8, 4) is 5.88 Å². The second kappa shape index (κ2) is 6.27. The van der Waals surface area contributed by atoms with Gasteiger partial charge in [-0.1, -0.05) is 0 Å². The summed E-state index contributed by atoms with van der Waals surface area (Å²) >= 11 is 0. The van der Waals surface area contributed by atoms with Gasteiger partial charge in [0.2, 0.25) is 5.88 Å². The van der Waals surface area contributed by atoms with Crippen molar-refractivity contribution in [2.24, 2.45) is 0 Å². The van der Waals surface area contributed by atoms with Crippen molar-refractivity contribution >= 4 is 11.5 Å². The summed E-state index contributed by atoms with van der Waals surface area (Å²) in [7, 11) is 0. The van der Waals surface area contributed by atoms with Crippen molar-refractivity contribution in [1.82, 2.24) is 9.97 Å². The van der Waals surface area contributed by atoms with Crippen LogP contribution in [0.3, 0.4) is 0 Å². The Morgan fingerprint density at radius 1 is 1.35 bits per heavy atom. The van der Waals surface area contributed by atoms with Crippen LogP contribution in [0, 0.1) is 0 Å². The van der Waals surface area contributed by atoms with E-state index in [1.807, 2.05) is 32.9 Å². The van der Waals surface area contributed by atoms with Gasteiger partial charge in [0, 0.05) is 12.5 Å². The molecule has 0 aliphatic heterocycles. The monoisotopic (exact) mass is 276 g/mol. The van der Waals surface area contributed by atoms with Gasteiger partial charge in [-0.15, -0.1) is 0 Å². The molecule has 0 saturated heterocycles. The Hall–Kier alpha value is -2.24. The Labute approximate surface area is 118 Å². The van der Waals surface area contributed by atoms with Crippen molar-refractivity contribution < 1.29 is 9.15 Å². The summed E-state index contributed by atoms with van der Waals surface area (Å²) in [5.41, 5.74) is 6.44. The van der Waals surface area contributed by atoms with Crippen molar-refractivity contribution in [2.45, 2.75) is 39.3 Å². The Balaban J connectivity index is 2.05. The van der Waals surface area contributed by atoms with Crippen LogP contribution < -0.4 is 15.8 Å². The van der Waals surface area contributed by atoms with Crippen LogP contribution in [0.15, 0.2) is 29.1 Å². The Morgan fingerprint density at radius 2 is 2.15 bits per heavy atom. The number of furan rings is 1. The molecule has 6 nitrogen and oxygen atoms in total. The third kappa shape index (κ3) is 3.63. The molecule has 0 fully saturated rings. The minimum Gasteiger partial charge on any atom is -0.473 e. The van der Waals surface area contributed by atoms with E-state index < -0.39 is 0 Å². The summed E-state index contributed by atoms with van der Waals surface area (Å²) in [6.45, 7) is 5.88. The molecule has 1 unspecified atom stereocenters. The number of nitrogens with one attached hydrogen (secondary N) is 1. The number of ether oxygens (including phenoxy) is 1. The third-order valence-corrected chi connectivity index (χ3v) is 2.67. The van der Waals surface area contributed by atoms with E-state index in [9.17, 15) is 0 Å². The smallest absolute Gasteiger partial charge is 0.242 e. The quantitative estimate of drug-likeness (QED) is 0.843. The summed E-state index contributed by atoms with van der Waals surface area (Å²) in [6, 6.07) is 3.94. The van der Waals surface area contributed by atoms with Crippen molar-refractivity contribution in [3.05, 3.63) is 30.5 Å². The molecule has 2 aromatic heterocycles. The molecular formula is C14H20N4O2. The van der Waals surface area contributed by atoms with E-state index in [-0.39, 0.29) is 12.1 Å². The van der Waals surface area contributed by atoms with E-state index in [1.165, 1.54) is 6.33 Å². The fourth-order valence-electron chi connectivity index (χ4n) is 1.83. The van der Waals surface area contributed by atoms with Gasteiger partial charge < -0.3 is 20.2 Å². The second-order valence-electron chi connectivity index (χ2n) is 4.94. The molecule has 0 radical (unpaired) electrons. The largest absolute Gasteiger partial charge is 0.473 e. The van der Waals surface area contributed by atoms with Gasteiger partial charge in [-0.3, -0.25) is 0 Å². The molecular weight excluding hydrogens is 256 g/mol. The van der Waals surface area contributed by atoms with Gasteiger partial charge in [0.15, 0.2) is 5.82 Å². The van der Waals surface area contributed by atoms with Crippen LogP contribution in [0.4, 0.5) is 11.5 Å². The van der Waals surface area contributed by atoms with Gasteiger partial charge in [0.25, 0.3) is 0 Å². The minimum atomic E-state index is 0.0144. The SMILES string of the molecule is CC(Cc1ccco1)Nc1ncnc(OC(C)C)c1N. The highest BCUT2D eigenvalue weighted by Crippen LogP contribution is 2.26. The van der Waals surface area contributed by atoms with Gasteiger partial charge in [0.1, 0.15) is 17.8 Å². The van der Waals surface area contributed by atoms with E-state index in [0.717, 1.165) is 12.2 Å². The average Bonchev–Trinajstić information content (AvgIpc) is 2.86. The third-order valence-electron chi connectivity index (χ3n) is 2.67. The maximum Gasteiger partial charge on any atom is 0.242 e. The summed E-state index contributed by atoms with van der Waals surface area (Å²) in [4.78, 5) is 8.20. The molecule has 0 spiro atoms. The number of nitrogens with two attached hydrogens (primary N) is 1. The number of nitrogen functional groups attached to an aromatic ring is 1. The van der Waals surface area contributed by atoms with E-state index >= 15 is 0 Å². The molecule has 0 bridgehead atoms. The zero-order valence-electron chi connectivity index (χ0n) is 12.0. The molecule has 2 rings (SSSR count). The number of hydrogen-bond donors (Lipinski definition) is 2. The molecule has 0 aliphatic carbocycles. The van der Waals surface area contributed by atoms with Crippen LogP contribution >= 0.6 is 0 Å². The van der Waals surface area contributed by atoms with E-state index in [2.05, 4.69) is 15.3 Å². The highest BCUT2D eigenvalue weighted by molar-refractivity contribution is 5.66. The van der Waals surface area contributed by atoms with Crippen molar-refractivity contribution in [1.29, 1.82) is 0 Å².